The molecule has 0 atom stereocenters. The molecule has 0 aliphatic carbocycles. The summed E-state index contributed by atoms with van der Waals surface area (Å²) in [5, 5.41) is 12.3. The second-order valence-corrected chi connectivity index (χ2v) is 5.12. The highest BCUT2D eigenvalue weighted by molar-refractivity contribution is 6.32. The zero-order valence-electron chi connectivity index (χ0n) is 10.5. The molecule has 4 N–H and O–H groups in total. The highest BCUT2D eigenvalue weighted by Crippen LogP contribution is 2.32. The number of nitrogens with two attached hydrogens (primary N) is 1. The van der Waals surface area contributed by atoms with E-state index in [9.17, 15) is 9.90 Å². The topological polar surface area (TPSA) is 84.6 Å². The first-order chi connectivity index (χ1) is 9.07. The number of hydrogen-bond donors (Lipinski definition) is 3. The largest absolute Gasteiger partial charge is 0.506 e. The number of anilines is 1. The highest BCUT2D eigenvalue weighted by Gasteiger charge is 2.38. The maximum atomic E-state index is 12.4. The lowest BCUT2D eigenvalue weighted by Gasteiger charge is -2.34. The summed E-state index contributed by atoms with van der Waals surface area (Å²) in [7, 11) is 0. The van der Waals surface area contributed by atoms with Gasteiger partial charge in [0.05, 0.1) is 10.4 Å². The molecule has 0 aromatic heterocycles. The van der Waals surface area contributed by atoms with Crippen molar-refractivity contribution in [1.82, 2.24) is 0 Å². The van der Waals surface area contributed by atoms with Gasteiger partial charge >= 0.3 is 0 Å². The normalized spacial score (nSPS) is 18.0. The summed E-state index contributed by atoms with van der Waals surface area (Å²) in [6, 6.07) is 4.55. The average molecular weight is 285 g/mol. The third-order valence-electron chi connectivity index (χ3n) is 3.53. The summed E-state index contributed by atoms with van der Waals surface area (Å²) in [5.74, 6) is -0.140. The smallest absolute Gasteiger partial charge is 0.232 e. The van der Waals surface area contributed by atoms with Crippen LogP contribution in [0.4, 0.5) is 5.69 Å². The lowest BCUT2D eigenvalue weighted by molar-refractivity contribution is -0.130. The minimum Gasteiger partial charge on any atom is -0.506 e. The van der Waals surface area contributed by atoms with Crippen molar-refractivity contribution >= 4 is 23.2 Å². The Labute approximate surface area is 116 Å². The molecule has 104 valence electrons. The Kier molecular flexibility index (Phi) is 4.29. The van der Waals surface area contributed by atoms with Crippen LogP contribution in [0.2, 0.25) is 5.02 Å². The molecule has 5 nitrogen and oxygen atoms in total. The number of benzene rings is 1. The summed E-state index contributed by atoms with van der Waals surface area (Å²) in [5.41, 5.74) is 5.73. The van der Waals surface area contributed by atoms with Crippen molar-refractivity contribution in [3.8, 4) is 5.75 Å². The average Bonchev–Trinajstić information content (AvgIpc) is 2.43. The van der Waals surface area contributed by atoms with Crippen LogP contribution in [0.15, 0.2) is 18.2 Å². The molecule has 1 aromatic rings. The number of nitrogens with one attached hydrogen (secondary N) is 1. The lowest BCUT2D eigenvalue weighted by Crippen LogP contribution is -2.46. The van der Waals surface area contributed by atoms with E-state index in [1.165, 1.54) is 12.1 Å². The van der Waals surface area contributed by atoms with Gasteiger partial charge in [-0.3, -0.25) is 4.79 Å². The van der Waals surface area contributed by atoms with Crippen LogP contribution in [0, 0.1) is 5.41 Å². The van der Waals surface area contributed by atoms with Crippen molar-refractivity contribution < 1.29 is 14.6 Å². The van der Waals surface area contributed by atoms with Crippen molar-refractivity contribution in [2.75, 3.05) is 25.1 Å². The van der Waals surface area contributed by atoms with E-state index in [1.807, 2.05) is 0 Å². The van der Waals surface area contributed by atoms with Crippen LogP contribution in [0.1, 0.15) is 12.8 Å². The van der Waals surface area contributed by atoms with Crippen molar-refractivity contribution in [1.29, 1.82) is 0 Å². The van der Waals surface area contributed by atoms with Gasteiger partial charge in [-0.05, 0) is 31.0 Å². The van der Waals surface area contributed by atoms with Crippen LogP contribution < -0.4 is 11.1 Å². The summed E-state index contributed by atoms with van der Waals surface area (Å²) in [6.07, 6.45) is 1.22. The van der Waals surface area contributed by atoms with Gasteiger partial charge in [0.1, 0.15) is 5.75 Å². The molecule has 1 fully saturated rings. The molecule has 6 heteroatoms. The van der Waals surface area contributed by atoms with Gasteiger partial charge in [-0.25, -0.2) is 0 Å². The third kappa shape index (κ3) is 3.00. The number of ether oxygens (including phenoxy) is 1. The molecular formula is C13H17ClN2O3. The van der Waals surface area contributed by atoms with Crippen molar-refractivity contribution in [3.63, 3.8) is 0 Å². The number of amides is 1. The minimum absolute atomic E-state index is 0.0146. The number of hydrogen-bond acceptors (Lipinski definition) is 4. The van der Waals surface area contributed by atoms with Gasteiger partial charge in [-0.15, -0.1) is 0 Å². The van der Waals surface area contributed by atoms with E-state index in [-0.39, 0.29) is 23.2 Å². The number of aromatic hydroxyl groups is 1. The van der Waals surface area contributed by atoms with Gasteiger partial charge in [-0.2, -0.15) is 0 Å². The molecular weight excluding hydrogens is 268 g/mol. The number of carbonyl (C=O) groups is 1. The zero-order chi connectivity index (χ0) is 13.9. The number of phenolic OH excluding ortho intramolecular Hbond substituents is 1. The van der Waals surface area contributed by atoms with Crippen molar-refractivity contribution in [3.05, 3.63) is 23.2 Å². The fraction of sp³-hybridized carbons (Fsp3) is 0.462. The molecule has 1 aliphatic heterocycles. The summed E-state index contributed by atoms with van der Waals surface area (Å²) in [4.78, 5) is 12.4. The molecule has 0 radical (unpaired) electrons. The number of carbonyl (C=O) groups excluding carboxylic acids is 1. The first-order valence-electron chi connectivity index (χ1n) is 6.15. The Morgan fingerprint density at radius 3 is 2.74 bits per heavy atom. The first-order valence-corrected chi connectivity index (χ1v) is 6.53. The quantitative estimate of drug-likeness (QED) is 0.738. The predicted octanol–water partition coefficient (Wildman–Crippen LogP) is 1.74. The third-order valence-corrected chi connectivity index (χ3v) is 3.83. The second-order valence-electron chi connectivity index (χ2n) is 4.72. The number of rotatable bonds is 3. The molecule has 1 saturated heterocycles. The standard InChI is InChI=1S/C13H17ClN2O3/c14-10-7-9(1-2-11(10)17)16-12(18)13(8-15)3-5-19-6-4-13/h1-2,7,17H,3-6,8,15H2,(H,16,18). The molecule has 0 saturated carbocycles. The van der Waals surface area contributed by atoms with E-state index in [2.05, 4.69) is 5.32 Å². The van der Waals surface area contributed by atoms with Crippen LogP contribution in [-0.4, -0.2) is 30.8 Å². The highest BCUT2D eigenvalue weighted by atomic mass is 35.5. The number of phenols is 1. The van der Waals surface area contributed by atoms with E-state index in [1.54, 1.807) is 6.07 Å². The molecule has 1 heterocycles. The molecule has 1 aromatic carbocycles. The van der Waals surface area contributed by atoms with Crippen molar-refractivity contribution in [2.24, 2.45) is 11.1 Å². The van der Waals surface area contributed by atoms with E-state index < -0.39 is 5.41 Å². The van der Waals surface area contributed by atoms with Gasteiger partial charge < -0.3 is 20.9 Å². The van der Waals surface area contributed by atoms with Crippen LogP contribution in [0.25, 0.3) is 0 Å². The van der Waals surface area contributed by atoms with Crippen LogP contribution in [0.3, 0.4) is 0 Å². The Morgan fingerprint density at radius 1 is 1.47 bits per heavy atom. The summed E-state index contributed by atoms with van der Waals surface area (Å²) >= 11 is 5.81. The Hall–Kier alpha value is -1.30. The summed E-state index contributed by atoms with van der Waals surface area (Å²) in [6.45, 7) is 1.37. The van der Waals surface area contributed by atoms with E-state index in [0.717, 1.165) is 0 Å². The Bertz CT molecular complexity index is 473. The molecule has 0 unspecified atom stereocenters. The fourth-order valence-electron chi connectivity index (χ4n) is 2.13. The van der Waals surface area contributed by atoms with Gasteiger partial charge in [0.25, 0.3) is 0 Å². The predicted molar refractivity (Wildman–Crippen MR) is 73.3 cm³/mol. The fourth-order valence-corrected chi connectivity index (χ4v) is 2.31. The summed E-state index contributed by atoms with van der Waals surface area (Å²) < 4.78 is 5.27. The van der Waals surface area contributed by atoms with Gasteiger partial charge in [-0.1, -0.05) is 11.6 Å². The van der Waals surface area contributed by atoms with Crippen molar-refractivity contribution in [2.45, 2.75) is 12.8 Å². The van der Waals surface area contributed by atoms with Gasteiger partial charge in [0.15, 0.2) is 0 Å². The van der Waals surface area contributed by atoms with Crippen LogP contribution in [0.5, 0.6) is 5.75 Å². The van der Waals surface area contributed by atoms with Crippen LogP contribution in [-0.2, 0) is 9.53 Å². The Balaban J connectivity index is 2.12. The van der Waals surface area contributed by atoms with Crippen LogP contribution >= 0.6 is 11.6 Å². The van der Waals surface area contributed by atoms with E-state index in [0.29, 0.717) is 31.7 Å². The maximum absolute atomic E-state index is 12.4. The van der Waals surface area contributed by atoms with E-state index >= 15 is 0 Å². The molecule has 1 aliphatic rings. The molecule has 19 heavy (non-hydrogen) atoms. The monoisotopic (exact) mass is 284 g/mol. The SMILES string of the molecule is NCC1(C(=O)Nc2ccc(O)c(Cl)c2)CCOCC1. The molecule has 0 spiro atoms. The van der Waals surface area contributed by atoms with Gasteiger partial charge in [0.2, 0.25) is 5.91 Å². The molecule has 0 bridgehead atoms. The Morgan fingerprint density at radius 2 is 2.16 bits per heavy atom. The second kappa shape index (κ2) is 5.77. The van der Waals surface area contributed by atoms with E-state index in [4.69, 9.17) is 22.1 Å². The molecule has 2 rings (SSSR count). The van der Waals surface area contributed by atoms with Gasteiger partial charge in [0, 0.05) is 25.4 Å². The lowest BCUT2D eigenvalue weighted by atomic mass is 9.79. The zero-order valence-corrected chi connectivity index (χ0v) is 11.2. The number of halogens is 1. The minimum atomic E-state index is -0.581. The maximum Gasteiger partial charge on any atom is 0.232 e. The molecule has 1 amide bonds. The first kappa shape index (κ1) is 14.1.